The van der Waals surface area contributed by atoms with Gasteiger partial charge in [-0.2, -0.15) is 4.98 Å². The fraction of sp³-hybridized carbons (Fsp3) is 0.357. The number of carbonyl (C=O) groups is 1. The number of nitrogens with zero attached hydrogens (tertiary/aromatic N) is 3. The summed E-state index contributed by atoms with van der Waals surface area (Å²) >= 11 is 1.69. The minimum absolute atomic E-state index is 0. The molecule has 1 aromatic carbocycles. The average Bonchev–Trinajstić information content (AvgIpc) is 3.16. The zero-order valence-corrected chi connectivity index (χ0v) is 13.7. The maximum atomic E-state index is 11.6. The Morgan fingerprint density at radius 1 is 1.45 bits per heavy atom. The van der Waals surface area contributed by atoms with E-state index in [0.717, 1.165) is 16.9 Å². The molecule has 22 heavy (non-hydrogen) atoms. The van der Waals surface area contributed by atoms with E-state index < -0.39 is 0 Å². The summed E-state index contributed by atoms with van der Waals surface area (Å²) in [7, 11) is 0. The lowest BCUT2D eigenvalue weighted by molar-refractivity contribution is -0.129. The lowest BCUT2D eigenvalue weighted by atomic mass is 10.1. The molecular weight excluding hydrogens is 324 g/mol. The fourth-order valence-corrected chi connectivity index (χ4v) is 3.44. The van der Waals surface area contributed by atoms with Crippen LogP contribution in [0.5, 0.6) is 0 Å². The molecule has 0 spiro atoms. The number of aromatic nitrogens is 2. The van der Waals surface area contributed by atoms with Crippen molar-refractivity contribution in [2.24, 2.45) is 5.73 Å². The van der Waals surface area contributed by atoms with Crippen molar-refractivity contribution in [2.75, 3.05) is 11.6 Å². The number of rotatable bonds is 3. The summed E-state index contributed by atoms with van der Waals surface area (Å²) in [6.45, 7) is 2.06. The highest BCUT2D eigenvalue weighted by Crippen LogP contribution is 2.33. The Balaban J connectivity index is 0.00000176. The van der Waals surface area contributed by atoms with Crippen molar-refractivity contribution in [3.05, 3.63) is 35.7 Å². The minimum Gasteiger partial charge on any atom is -0.337 e. The molecule has 1 saturated heterocycles. The van der Waals surface area contributed by atoms with Crippen molar-refractivity contribution in [1.82, 2.24) is 15.0 Å². The van der Waals surface area contributed by atoms with Crippen LogP contribution < -0.4 is 5.73 Å². The molecule has 2 aromatic rings. The van der Waals surface area contributed by atoms with E-state index >= 15 is 0 Å². The third kappa shape index (κ3) is 3.26. The third-order valence-electron chi connectivity index (χ3n) is 3.46. The second kappa shape index (κ2) is 7.13. The predicted octanol–water partition coefficient (Wildman–Crippen LogP) is 2.21. The van der Waals surface area contributed by atoms with Crippen molar-refractivity contribution in [3.63, 3.8) is 0 Å². The van der Waals surface area contributed by atoms with Gasteiger partial charge in [0.05, 0.1) is 5.88 Å². The lowest BCUT2D eigenvalue weighted by Gasteiger charge is -2.18. The van der Waals surface area contributed by atoms with Crippen LogP contribution in [-0.2, 0) is 11.3 Å². The van der Waals surface area contributed by atoms with Crippen LogP contribution in [0, 0.1) is 0 Å². The number of carbonyl (C=O) groups excluding carboxylic acids is 1. The fourth-order valence-electron chi connectivity index (χ4n) is 2.24. The summed E-state index contributed by atoms with van der Waals surface area (Å²) in [5.41, 5.74) is 7.51. The molecule has 1 aromatic heterocycles. The highest BCUT2D eigenvalue weighted by molar-refractivity contribution is 7.99. The molecule has 6 nitrogen and oxygen atoms in total. The molecule has 3 rings (SSSR count). The van der Waals surface area contributed by atoms with Crippen LogP contribution in [0.1, 0.15) is 24.4 Å². The Labute approximate surface area is 138 Å². The Kier molecular flexibility index (Phi) is 5.44. The summed E-state index contributed by atoms with van der Waals surface area (Å²) in [6, 6.07) is 7.60. The van der Waals surface area contributed by atoms with Crippen molar-refractivity contribution in [3.8, 4) is 11.4 Å². The number of nitrogens with two attached hydrogens (primary N) is 1. The van der Waals surface area contributed by atoms with Crippen LogP contribution in [0.15, 0.2) is 28.8 Å². The zero-order chi connectivity index (χ0) is 14.8. The molecule has 1 aliphatic rings. The molecule has 1 amide bonds. The molecule has 0 radical (unpaired) electrons. The smallest absolute Gasteiger partial charge is 0.250 e. The number of thioether (sulfide) groups is 1. The van der Waals surface area contributed by atoms with Gasteiger partial charge in [0.25, 0.3) is 5.89 Å². The predicted molar refractivity (Wildman–Crippen MR) is 87.5 cm³/mol. The van der Waals surface area contributed by atoms with Gasteiger partial charge in [-0.05, 0) is 5.56 Å². The van der Waals surface area contributed by atoms with Crippen molar-refractivity contribution < 1.29 is 9.32 Å². The number of halogens is 1. The van der Waals surface area contributed by atoms with Gasteiger partial charge in [-0.25, -0.2) is 0 Å². The van der Waals surface area contributed by atoms with E-state index in [1.165, 1.54) is 0 Å². The van der Waals surface area contributed by atoms with Gasteiger partial charge in [0.1, 0.15) is 6.04 Å². The van der Waals surface area contributed by atoms with E-state index in [4.69, 9.17) is 10.3 Å². The summed E-state index contributed by atoms with van der Waals surface area (Å²) in [6.07, 6.45) is 0. The number of benzene rings is 1. The van der Waals surface area contributed by atoms with E-state index in [2.05, 4.69) is 10.1 Å². The molecule has 0 saturated carbocycles. The standard InChI is InChI=1S/C14H16N4O2S.ClH/c1-9(19)18-8-21-7-12(18)14-16-13(17-20-14)11-4-2-10(6-15)3-5-11;/h2-5,12H,6-8,15H2,1H3;1H. The first-order valence-electron chi connectivity index (χ1n) is 6.67. The second-order valence-electron chi connectivity index (χ2n) is 4.86. The Morgan fingerprint density at radius 3 is 2.82 bits per heavy atom. The molecular formula is C14H17ClN4O2S. The third-order valence-corrected chi connectivity index (χ3v) is 4.47. The van der Waals surface area contributed by atoms with Gasteiger partial charge in [0.15, 0.2) is 0 Å². The van der Waals surface area contributed by atoms with Gasteiger partial charge in [0, 0.05) is 24.8 Å². The largest absolute Gasteiger partial charge is 0.337 e. The van der Waals surface area contributed by atoms with E-state index in [9.17, 15) is 4.79 Å². The first-order chi connectivity index (χ1) is 10.2. The van der Waals surface area contributed by atoms with E-state index in [1.54, 1.807) is 23.6 Å². The molecule has 118 valence electrons. The Morgan fingerprint density at radius 2 is 2.18 bits per heavy atom. The molecule has 1 atom stereocenters. The summed E-state index contributed by atoms with van der Waals surface area (Å²) in [5.74, 6) is 2.51. The highest BCUT2D eigenvalue weighted by Gasteiger charge is 2.32. The van der Waals surface area contributed by atoms with Gasteiger partial charge < -0.3 is 15.2 Å². The maximum absolute atomic E-state index is 11.6. The first-order valence-corrected chi connectivity index (χ1v) is 7.82. The Bertz CT molecular complexity index is 647. The van der Waals surface area contributed by atoms with Crippen LogP contribution in [0.25, 0.3) is 11.4 Å². The number of hydrogen-bond acceptors (Lipinski definition) is 6. The molecule has 1 aliphatic heterocycles. The van der Waals surface area contributed by atoms with E-state index in [-0.39, 0.29) is 24.4 Å². The SMILES string of the molecule is CC(=O)N1CSCC1c1nc(-c2ccc(CN)cc2)no1.Cl. The summed E-state index contributed by atoms with van der Waals surface area (Å²) in [4.78, 5) is 17.8. The number of amides is 1. The van der Waals surface area contributed by atoms with Crippen LogP contribution in [0.4, 0.5) is 0 Å². The maximum Gasteiger partial charge on any atom is 0.250 e. The van der Waals surface area contributed by atoms with Crippen LogP contribution in [-0.4, -0.2) is 32.6 Å². The molecule has 2 heterocycles. The molecule has 1 fully saturated rings. The van der Waals surface area contributed by atoms with Gasteiger partial charge in [-0.15, -0.1) is 24.2 Å². The molecule has 8 heteroatoms. The first kappa shape index (κ1) is 16.8. The second-order valence-corrected chi connectivity index (χ2v) is 5.86. The zero-order valence-electron chi connectivity index (χ0n) is 12.1. The molecule has 0 aliphatic carbocycles. The summed E-state index contributed by atoms with van der Waals surface area (Å²) in [5, 5.41) is 4.02. The minimum atomic E-state index is -0.128. The lowest BCUT2D eigenvalue weighted by Crippen LogP contribution is -2.28. The van der Waals surface area contributed by atoms with E-state index in [1.807, 2.05) is 24.3 Å². The molecule has 2 N–H and O–H groups in total. The van der Waals surface area contributed by atoms with Crippen molar-refractivity contribution >= 4 is 30.1 Å². The van der Waals surface area contributed by atoms with Crippen molar-refractivity contribution in [1.29, 1.82) is 0 Å². The van der Waals surface area contributed by atoms with Crippen molar-refractivity contribution in [2.45, 2.75) is 19.5 Å². The van der Waals surface area contributed by atoms with Crippen LogP contribution in [0.3, 0.4) is 0 Å². The highest BCUT2D eigenvalue weighted by atomic mass is 35.5. The van der Waals surface area contributed by atoms with Gasteiger partial charge in [0.2, 0.25) is 11.7 Å². The van der Waals surface area contributed by atoms with Crippen LogP contribution >= 0.6 is 24.2 Å². The number of hydrogen-bond donors (Lipinski definition) is 1. The monoisotopic (exact) mass is 340 g/mol. The molecule has 1 unspecified atom stereocenters. The van der Waals surface area contributed by atoms with Crippen LogP contribution in [0.2, 0.25) is 0 Å². The van der Waals surface area contributed by atoms with Gasteiger partial charge in [-0.1, -0.05) is 29.4 Å². The quantitative estimate of drug-likeness (QED) is 0.922. The topological polar surface area (TPSA) is 85.2 Å². The van der Waals surface area contributed by atoms with E-state index in [0.29, 0.717) is 24.1 Å². The average molecular weight is 341 g/mol. The Hall–Kier alpha value is -1.57. The summed E-state index contributed by atoms with van der Waals surface area (Å²) < 4.78 is 5.35. The van der Waals surface area contributed by atoms with Gasteiger partial charge >= 0.3 is 0 Å². The normalized spacial score (nSPS) is 17.4. The molecule has 0 bridgehead atoms. The van der Waals surface area contributed by atoms with Gasteiger partial charge in [-0.3, -0.25) is 4.79 Å².